The molecule has 0 aliphatic rings. The molecule has 0 spiro atoms. The predicted octanol–water partition coefficient (Wildman–Crippen LogP) is 0.914. The SMILES string of the molecule is COc1ccc([C@@H](NS(=O)(=O)N(C)C)c2nccn2C)cc1. The van der Waals surface area contributed by atoms with Gasteiger partial charge in [0.1, 0.15) is 17.6 Å². The highest BCUT2D eigenvalue weighted by atomic mass is 32.2. The van der Waals surface area contributed by atoms with Gasteiger partial charge in [0.15, 0.2) is 0 Å². The van der Waals surface area contributed by atoms with E-state index in [1.807, 2.05) is 19.2 Å². The van der Waals surface area contributed by atoms with Crippen LogP contribution in [0.2, 0.25) is 0 Å². The summed E-state index contributed by atoms with van der Waals surface area (Å²) in [5.41, 5.74) is 0.778. The number of nitrogens with one attached hydrogen (secondary N) is 1. The number of benzene rings is 1. The van der Waals surface area contributed by atoms with Crippen LogP contribution in [0.3, 0.4) is 0 Å². The predicted molar refractivity (Wildman–Crippen MR) is 83.8 cm³/mol. The first-order valence-corrected chi connectivity index (χ1v) is 8.10. The Labute approximate surface area is 130 Å². The highest BCUT2D eigenvalue weighted by Crippen LogP contribution is 2.24. The number of rotatable bonds is 6. The lowest BCUT2D eigenvalue weighted by atomic mass is 10.1. The maximum absolute atomic E-state index is 12.2. The van der Waals surface area contributed by atoms with Gasteiger partial charge in [0.25, 0.3) is 10.2 Å². The van der Waals surface area contributed by atoms with Crippen LogP contribution in [0.4, 0.5) is 0 Å². The maximum Gasteiger partial charge on any atom is 0.279 e. The number of aromatic nitrogens is 2. The molecule has 8 heteroatoms. The first kappa shape index (κ1) is 16.5. The summed E-state index contributed by atoms with van der Waals surface area (Å²) in [5, 5.41) is 0. The molecular formula is C14H20N4O3S. The van der Waals surface area contributed by atoms with Crippen LogP contribution < -0.4 is 9.46 Å². The Morgan fingerprint density at radius 2 is 1.91 bits per heavy atom. The summed E-state index contributed by atoms with van der Waals surface area (Å²) >= 11 is 0. The summed E-state index contributed by atoms with van der Waals surface area (Å²) in [7, 11) is 2.76. The van der Waals surface area contributed by atoms with E-state index in [2.05, 4.69) is 9.71 Å². The molecule has 0 amide bonds. The summed E-state index contributed by atoms with van der Waals surface area (Å²) < 4.78 is 35.1. The molecule has 0 unspecified atom stereocenters. The van der Waals surface area contributed by atoms with E-state index in [4.69, 9.17) is 4.74 Å². The van der Waals surface area contributed by atoms with E-state index in [-0.39, 0.29) is 0 Å². The normalized spacial score (nSPS) is 13.3. The van der Waals surface area contributed by atoms with Crippen molar-refractivity contribution in [2.75, 3.05) is 21.2 Å². The zero-order chi connectivity index (χ0) is 16.3. The Kier molecular flexibility index (Phi) is 4.84. The average Bonchev–Trinajstić information content (AvgIpc) is 2.91. The summed E-state index contributed by atoms with van der Waals surface area (Å²) in [6.07, 6.45) is 3.41. The number of hydrogen-bond donors (Lipinski definition) is 1. The van der Waals surface area contributed by atoms with Gasteiger partial charge < -0.3 is 9.30 Å². The Bertz CT molecular complexity index is 723. The minimum Gasteiger partial charge on any atom is -0.497 e. The highest BCUT2D eigenvalue weighted by Gasteiger charge is 2.25. The first-order valence-electron chi connectivity index (χ1n) is 6.66. The fourth-order valence-electron chi connectivity index (χ4n) is 1.98. The molecular weight excluding hydrogens is 304 g/mol. The van der Waals surface area contributed by atoms with Gasteiger partial charge in [-0.1, -0.05) is 12.1 Å². The summed E-state index contributed by atoms with van der Waals surface area (Å²) in [5.74, 6) is 1.31. The van der Waals surface area contributed by atoms with Crippen LogP contribution in [0.25, 0.3) is 0 Å². The first-order chi connectivity index (χ1) is 10.3. The second-order valence-corrected chi connectivity index (χ2v) is 6.92. The number of imidazole rings is 1. The minimum absolute atomic E-state index is 0.585. The number of ether oxygens (including phenoxy) is 1. The van der Waals surface area contributed by atoms with Gasteiger partial charge in [-0.2, -0.15) is 17.4 Å². The van der Waals surface area contributed by atoms with E-state index in [0.29, 0.717) is 11.6 Å². The molecule has 0 aliphatic heterocycles. The molecule has 0 saturated carbocycles. The van der Waals surface area contributed by atoms with Crippen molar-refractivity contribution < 1.29 is 13.2 Å². The van der Waals surface area contributed by atoms with Crippen LogP contribution in [0, 0.1) is 0 Å². The molecule has 0 bridgehead atoms. The fourth-order valence-corrected chi connectivity index (χ4v) is 2.73. The van der Waals surface area contributed by atoms with Gasteiger partial charge in [-0.05, 0) is 17.7 Å². The van der Waals surface area contributed by atoms with Crippen molar-refractivity contribution in [2.45, 2.75) is 6.04 Å². The Hall–Kier alpha value is -1.90. The maximum atomic E-state index is 12.2. The van der Waals surface area contributed by atoms with Crippen molar-refractivity contribution in [1.82, 2.24) is 18.6 Å². The van der Waals surface area contributed by atoms with Crippen molar-refractivity contribution in [2.24, 2.45) is 7.05 Å². The summed E-state index contributed by atoms with van der Waals surface area (Å²) in [6.45, 7) is 0. The fraction of sp³-hybridized carbons (Fsp3) is 0.357. The molecule has 22 heavy (non-hydrogen) atoms. The third-order valence-corrected chi connectivity index (χ3v) is 4.81. The van der Waals surface area contributed by atoms with Crippen molar-refractivity contribution in [3.63, 3.8) is 0 Å². The van der Waals surface area contributed by atoms with Crippen LogP contribution >= 0.6 is 0 Å². The number of hydrogen-bond acceptors (Lipinski definition) is 4. The van der Waals surface area contributed by atoms with Crippen LogP contribution in [0.5, 0.6) is 5.75 Å². The Morgan fingerprint density at radius 3 is 2.36 bits per heavy atom. The highest BCUT2D eigenvalue weighted by molar-refractivity contribution is 7.87. The molecule has 0 saturated heterocycles. The zero-order valence-electron chi connectivity index (χ0n) is 13.0. The van der Waals surface area contributed by atoms with Gasteiger partial charge in [-0.15, -0.1) is 0 Å². The molecule has 0 radical (unpaired) electrons. The topological polar surface area (TPSA) is 76.5 Å². The lowest BCUT2D eigenvalue weighted by molar-refractivity contribution is 0.414. The Morgan fingerprint density at radius 1 is 1.27 bits per heavy atom. The van der Waals surface area contributed by atoms with E-state index in [1.165, 1.54) is 14.1 Å². The second-order valence-electron chi connectivity index (χ2n) is 5.01. The quantitative estimate of drug-likeness (QED) is 0.857. The largest absolute Gasteiger partial charge is 0.497 e. The standard InChI is InChI=1S/C14H20N4O3S/c1-17(2)22(19,20)16-13(14-15-9-10-18(14)3)11-5-7-12(21-4)8-6-11/h5-10,13,16H,1-4H3/t13-/m1/s1. The number of aryl methyl sites for hydroxylation is 1. The molecule has 2 rings (SSSR count). The Balaban J connectivity index is 2.44. The molecule has 120 valence electrons. The van der Waals surface area contributed by atoms with Crippen LogP contribution in [-0.2, 0) is 17.3 Å². The van der Waals surface area contributed by atoms with Gasteiger partial charge in [0, 0.05) is 33.5 Å². The molecule has 1 heterocycles. The van der Waals surface area contributed by atoms with E-state index in [9.17, 15) is 8.42 Å². The lowest BCUT2D eigenvalue weighted by Gasteiger charge is -2.21. The second kappa shape index (κ2) is 6.47. The van der Waals surface area contributed by atoms with Crippen molar-refractivity contribution >= 4 is 10.2 Å². The van der Waals surface area contributed by atoms with E-state index in [0.717, 1.165) is 9.87 Å². The van der Waals surface area contributed by atoms with Gasteiger partial charge >= 0.3 is 0 Å². The summed E-state index contributed by atoms with van der Waals surface area (Å²) in [4.78, 5) is 4.26. The van der Waals surface area contributed by atoms with E-state index < -0.39 is 16.3 Å². The van der Waals surface area contributed by atoms with Gasteiger partial charge in [-0.25, -0.2) is 4.98 Å². The molecule has 7 nitrogen and oxygen atoms in total. The lowest BCUT2D eigenvalue weighted by Crippen LogP contribution is -2.39. The number of methoxy groups -OCH3 is 1. The van der Waals surface area contributed by atoms with E-state index in [1.54, 1.807) is 36.2 Å². The van der Waals surface area contributed by atoms with Crippen molar-refractivity contribution in [3.05, 3.63) is 48.0 Å². The van der Waals surface area contributed by atoms with Crippen LogP contribution in [0.1, 0.15) is 17.4 Å². The molecule has 2 aromatic rings. The molecule has 1 aromatic carbocycles. The molecule has 1 atom stereocenters. The van der Waals surface area contributed by atoms with Gasteiger partial charge in [0.2, 0.25) is 0 Å². The van der Waals surface area contributed by atoms with E-state index >= 15 is 0 Å². The molecule has 1 aromatic heterocycles. The molecule has 0 aliphatic carbocycles. The molecule has 1 N–H and O–H groups in total. The summed E-state index contributed by atoms with van der Waals surface area (Å²) in [6, 6.07) is 6.62. The monoisotopic (exact) mass is 324 g/mol. The minimum atomic E-state index is -3.61. The van der Waals surface area contributed by atoms with Crippen LogP contribution in [0.15, 0.2) is 36.7 Å². The van der Waals surface area contributed by atoms with Crippen LogP contribution in [-0.4, -0.2) is 43.5 Å². The third-order valence-electron chi connectivity index (χ3n) is 3.31. The van der Waals surface area contributed by atoms with Gasteiger partial charge in [0.05, 0.1) is 7.11 Å². The van der Waals surface area contributed by atoms with Crippen molar-refractivity contribution in [1.29, 1.82) is 0 Å². The average molecular weight is 324 g/mol. The van der Waals surface area contributed by atoms with Gasteiger partial charge in [-0.3, -0.25) is 0 Å². The molecule has 0 fully saturated rings. The van der Waals surface area contributed by atoms with Crippen molar-refractivity contribution in [3.8, 4) is 5.75 Å². The smallest absolute Gasteiger partial charge is 0.279 e. The third kappa shape index (κ3) is 3.46. The zero-order valence-corrected chi connectivity index (χ0v) is 13.8. The number of nitrogens with zero attached hydrogens (tertiary/aromatic N) is 3.